The molecule has 2 saturated heterocycles. The first-order chi connectivity index (χ1) is 20.5. The highest BCUT2D eigenvalue weighted by molar-refractivity contribution is 5.89. The van der Waals surface area contributed by atoms with Crippen LogP contribution in [0.5, 0.6) is 0 Å². The summed E-state index contributed by atoms with van der Waals surface area (Å²) in [6.07, 6.45) is 7.54. The Morgan fingerprint density at radius 1 is 1.10 bits per heavy atom. The molecule has 0 bridgehead atoms. The van der Waals surface area contributed by atoms with Crippen molar-refractivity contribution in [3.8, 4) is 28.6 Å². The molecule has 0 aliphatic carbocycles. The number of rotatable bonds is 5. The Bertz CT molecular complexity index is 1870. The lowest BCUT2D eigenvalue weighted by Crippen LogP contribution is -2.43. The molecule has 0 saturated carbocycles. The highest BCUT2D eigenvalue weighted by atomic mass is 19.1. The van der Waals surface area contributed by atoms with E-state index in [0.29, 0.717) is 34.8 Å². The molecule has 2 aromatic carbocycles. The van der Waals surface area contributed by atoms with Gasteiger partial charge in [-0.1, -0.05) is 17.3 Å². The predicted molar refractivity (Wildman–Crippen MR) is 155 cm³/mol. The van der Waals surface area contributed by atoms with E-state index in [1.54, 1.807) is 16.9 Å². The van der Waals surface area contributed by atoms with E-state index < -0.39 is 5.82 Å². The third-order valence-corrected chi connectivity index (χ3v) is 8.18. The van der Waals surface area contributed by atoms with Crippen molar-refractivity contribution < 1.29 is 9.18 Å². The fraction of sp³-hybridized carbons (Fsp3) is 0.333. The first-order valence-corrected chi connectivity index (χ1v) is 14.2. The van der Waals surface area contributed by atoms with Crippen LogP contribution in [0.15, 0.2) is 48.8 Å². The lowest BCUT2D eigenvalue weighted by Gasteiger charge is -2.31. The summed E-state index contributed by atoms with van der Waals surface area (Å²) in [7, 11) is 0. The first-order valence-electron chi connectivity index (χ1n) is 14.2. The number of aromatic nitrogens is 6. The van der Waals surface area contributed by atoms with Gasteiger partial charge in [-0.2, -0.15) is 5.26 Å². The van der Waals surface area contributed by atoms with Crippen LogP contribution in [0, 0.1) is 17.1 Å². The van der Waals surface area contributed by atoms with Gasteiger partial charge in [0.05, 0.1) is 22.5 Å². The van der Waals surface area contributed by atoms with Crippen LogP contribution in [0.2, 0.25) is 0 Å². The Labute approximate surface area is 241 Å². The van der Waals surface area contributed by atoms with Crippen LogP contribution in [0.1, 0.15) is 31.2 Å². The average Bonchev–Trinajstić information content (AvgIpc) is 3.76. The van der Waals surface area contributed by atoms with Crippen LogP contribution in [0.4, 0.5) is 10.2 Å². The summed E-state index contributed by atoms with van der Waals surface area (Å²) in [5.74, 6) is 0.133. The Balaban J connectivity index is 1.35. The number of carbonyl (C=O) groups is 1. The van der Waals surface area contributed by atoms with Gasteiger partial charge in [0.2, 0.25) is 5.91 Å². The fourth-order valence-electron chi connectivity index (χ4n) is 6.05. The number of imidazole rings is 1. The van der Waals surface area contributed by atoms with Crippen molar-refractivity contribution in [2.75, 3.05) is 31.1 Å². The monoisotopic (exact) mass is 564 g/mol. The van der Waals surface area contributed by atoms with Gasteiger partial charge in [-0.15, -0.1) is 5.10 Å². The molecule has 5 aromatic rings. The maximum absolute atomic E-state index is 14.8. The van der Waals surface area contributed by atoms with Crippen LogP contribution < -0.4 is 10.6 Å². The van der Waals surface area contributed by atoms with E-state index in [1.165, 1.54) is 12.1 Å². The topological polar surface area (TPSA) is 134 Å². The Morgan fingerprint density at radius 3 is 2.71 bits per heavy atom. The molecule has 1 atom stereocenters. The number of nitriles is 1. The highest BCUT2D eigenvalue weighted by Crippen LogP contribution is 2.37. The van der Waals surface area contributed by atoms with Gasteiger partial charge >= 0.3 is 0 Å². The number of hydrogen-bond donors (Lipinski definition) is 1. The molecule has 2 fully saturated rings. The molecule has 5 heterocycles. The van der Waals surface area contributed by atoms with Crippen molar-refractivity contribution >= 4 is 28.4 Å². The minimum atomic E-state index is -0.612. The van der Waals surface area contributed by atoms with Gasteiger partial charge in [-0.3, -0.25) is 9.20 Å². The Morgan fingerprint density at radius 2 is 1.93 bits per heavy atom. The standard InChI is InChI=1S/C30H29FN10O/c31-23-14-19(5-6-21(23)16-32)27-28(40-13-9-34-29(30(40)35-27)39-12-3-4-22(33)17-39)20-7-8-25-24(15-20)36-37-41(25)18-26(42)38-10-1-2-11-38/h5-9,13-15,22H,1-4,10-12,17-18,33H2/t22-/m1/s1. The zero-order valence-electron chi connectivity index (χ0n) is 22.9. The van der Waals surface area contributed by atoms with E-state index in [-0.39, 0.29) is 24.1 Å². The molecule has 1 amide bonds. The number of halogens is 1. The molecule has 3 aromatic heterocycles. The second kappa shape index (κ2) is 10.5. The molecular weight excluding hydrogens is 535 g/mol. The van der Waals surface area contributed by atoms with Crippen molar-refractivity contribution in [1.29, 1.82) is 5.26 Å². The van der Waals surface area contributed by atoms with Gasteiger partial charge in [0.25, 0.3) is 0 Å². The van der Waals surface area contributed by atoms with Gasteiger partial charge in [0.15, 0.2) is 11.5 Å². The van der Waals surface area contributed by atoms with E-state index in [0.717, 1.165) is 62.1 Å². The summed E-state index contributed by atoms with van der Waals surface area (Å²) in [6, 6.07) is 12.2. The third-order valence-electron chi connectivity index (χ3n) is 8.18. The summed E-state index contributed by atoms with van der Waals surface area (Å²) in [6.45, 7) is 3.18. The molecule has 7 rings (SSSR count). The largest absolute Gasteiger partial charge is 0.352 e. The van der Waals surface area contributed by atoms with Crippen LogP contribution in [-0.2, 0) is 11.3 Å². The number of nitrogens with two attached hydrogens (primary N) is 1. The van der Waals surface area contributed by atoms with Gasteiger partial charge in [0, 0.05) is 55.7 Å². The zero-order valence-corrected chi connectivity index (χ0v) is 22.9. The number of fused-ring (bicyclic) bond motifs is 2. The van der Waals surface area contributed by atoms with E-state index >= 15 is 0 Å². The molecule has 0 radical (unpaired) electrons. The number of anilines is 1. The summed E-state index contributed by atoms with van der Waals surface area (Å²) >= 11 is 0. The summed E-state index contributed by atoms with van der Waals surface area (Å²) in [4.78, 5) is 26.5. The highest BCUT2D eigenvalue weighted by Gasteiger charge is 2.25. The number of likely N-dealkylation sites (tertiary alicyclic amines) is 1. The molecule has 212 valence electrons. The van der Waals surface area contributed by atoms with E-state index in [4.69, 9.17) is 10.7 Å². The van der Waals surface area contributed by atoms with Crippen molar-refractivity contribution in [3.05, 3.63) is 60.2 Å². The molecule has 11 nitrogen and oxygen atoms in total. The summed E-state index contributed by atoms with van der Waals surface area (Å²) in [5.41, 5.74) is 10.9. The van der Waals surface area contributed by atoms with Gasteiger partial charge in [0.1, 0.15) is 23.9 Å². The summed E-state index contributed by atoms with van der Waals surface area (Å²) < 4.78 is 18.4. The fourth-order valence-corrected chi connectivity index (χ4v) is 6.05. The number of hydrogen-bond acceptors (Lipinski definition) is 8. The van der Waals surface area contributed by atoms with Crippen molar-refractivity contribution in [3.63, 3.8) is 0 Å². The second-order valence-corrected chi connectivity index (χ2v) is 10.9. The maximum Gasteiger partial charge on any atom is 0.244 e. The normalized spacial score (nSPS) is 17.3. The van der Waals surface area contributed by atoms with Crippen molar-refractivity contribution in [2.45, 2.75) is 38.3 Å². The molecule has 2 N–H and O–H groups in total. The van der Waals surface area contributed by atoms with Crippen molar-refractivity contribution in [1.82, 2.24) is 34.3 Å². The molecule has 2 aliphatic heterocycles. The molecule has 2 aliphatic rings. The first kappa shape index (κ1) is 26.0. The molecular formula is C30H29FN10O. The predicted octanol–water partition coefficient (Wildman–Crippen LogP) is 3.37. The smallest absolute Gasteiger partial charge is 0.244 e. The molecule has 12 heteroatoms. The van der Waals surface area contributed by atoms with Crippen LogP contribution >= 0.6 is 0 Å². The lowest BCUT2D eigenvalue weighted by molar-refractivity contribution is -0.130. The number of piperidine rings is 1. The number of amides is 1. The minimum Gasteiger partial charge on any atom is -0.352 e. The quantitative estimate of drug-likeness (QED) is 0.343. The lowest BCUT2D eigenvalue weighted by atomic mass is 10.0. The SMILES string of the molecule is N#Cc1ccc(-c2nc3c(N4CCC[C@@H](N)C4)nccn3c2-c2ccc3c(c2)nnn3CC(=O)N2CCCC2)cc1F. The van der Waals surface area contributed by atoms with Crippen LogP contribution in [0.3, 0.4) is 0 Å². The van der Waals surface area contributed by atoms with E-state index in [9.17, 15) is 14.4 Å². The molecule has 0 spiro atoms. The minimum absolute atomic E-state index is 0.0322. The molecule has 42 heavy (non-hydrogen) atoms. The Kier molecular flexibility index (Phi) is 6.51. The van der Waals surface area contributed by atoms with Gasteiger partial charge in [-0.05, 0) is 49.9 Å². The van der Waals surface area contributed by atoms with Gasteiger partial charge in [-0.25, -0.2) is 19.0 Å². The average molecular weight is 565 g/mol. The van der Waals surface area contributed by atoms with Crippen molar-refractivity contribution in [2.24, 2.45) is 5.73 Å². The van der Waals surface area contributed by atoms with Crippen LogP contribution in [-0.4, -0.2) is 72.4 Å². The summed E-state index contributed by atoms with van der Waals surface area (Å²) in [5, 5.41) is 17.9. The number of benzene rings is 2. The third kappa shape index (κ3) is 4.52. The zero-order chi connectivity index (χ0) is 28.8. The van der Waals surface area contributed by atoms with Gasteiger partial charge < -0.3 is 15.5 Å². The molecule has 0 unspecified atom stereocenters. The number of nitrogens with zero attached hydrogens (tertiary/aromatic N) is 9. The maximum atomic E-state index is 14.8. The Hall–Kier alpha value is -4.89. The van der Waals surface area contributed by atoms with E-state index in [1.807, 2.05) is 39.8 Å². The van der Waals surface area contributed by atoms with Crippen LogP contribution in [0.25, 0.3) is 39.2 Å². The second-order valence-electron chi connectivity index (χ2n) is 10.9. The van der Waals surface area contributed by atoms with E-state index in [2.05, 4.69) is 20.2 Å². The number of carbonyl (C=O) groups excluding carboxylic acids is 1.